The number of carbonyl (C=O) groups excluding carboxylic acids is 2. The Morgan fingerprint density at radius 3 is 0.885 bits per heavy atom. The lowest BCUT2D eigenvalue weighted by Crippen LogP contribution is -3.00. The summed E-state index contributed by atoms with van der Waals surface area (Å²) in [5.74, 6) is 0.0410. The van der Waals surface area contributed by atoms with Gasteiger partial charge in [-0.3, -0.25) is 14.6 Å². The molecule has 0 radical (unpaired) electrons. The molecule has 0 aliphatic rings. The minimum absolute atomic E-state index is 0. The molecule has 32 heteroatoms. The van der Waals surface area contributed by atoms with E-state index in [4.69, 9.17) is 40.6 Å². The van der Waals surface area contributed by atoms with Crippen LogP contribution in [-0.2, 0) is 31.0 Å². The highest BCUT2D eigenvalue weighted by Gasteiger charge is 2.14. The molecule has 700 valence electrons. The van der Waals surface area contributed by atoms with Crippen molar-refractivity contribution in [3.05, 3.63) is 311 Å². The Morgan fingerprint density at radius 2 is 0.646 bits per heavy atom. The predicted octanol–water partition coefficient (Wildman–Crippen LogP) is 10.1. The number of halogens is 7. The van der Waals surface area contributed by atoms with E-state index in [0.29, 0.717) is 82.5 Å². The molecule has 4 aromatic carbocycles. The molecular formula is C98H126Br6IN15O10+2. The number of amides is 1. The summed E-state index contributed by atoms with van der Waals surface area (Å²) in [7, 11) is 0. The highest BCUT2D eigenvalue weighted by atomic mass is 127. The van der Waals surface area contributed by atoms with Crippen molar-refractivity contribution in [2.24, 2.45) is 22.9 Å². The number of nitrogens with zero attached hydrogens (tertiary/aromatic N) is 9. The van der Waals surface area contributed by atoms with Gasteiger partial charge in [0.1, 0.15) is 27.9 Å². The summed E-state index contributed by atoms with van der Waals surface area (Å²) < 4.78 is 30.4. The Bertz CT molecular complexity index is 5660. The van der Waals surface area contributed by atoms with Crippen LogP contribution in [0.4, 0.5) is 22.7 Å². The molecule has 0 unspecified atom stereocenters. The van der Waals surface area contributed by atoms with Crippen molar-refractivity contribution in [2.45, 2.75) is 95.4 Å². The van der Waals surface area contributed by atoms with Crippen LogP contribution >= 0.6 is 89.5 Å². The maximum atomic E-state index is 12.5. The molecule has 9 heterocycles. The van der Waals surface area contributed by atoms with Crippen LogP contribution < -0.4 is 129 Å². The van der Waals surface area contributed by atoms with E-state index in [0.717, 1.165) is 145 Å². The number of alkyl halides is 2. The highest BCUT2D eigenvalue weighted by molar-refractivity contribution is 14.1. The Morgan fingerprint density at radius 1 is 0.392 bits per heavy atom. The average molecular weight is 2280 g/mol. The van der Waals surface area contributed by atoms with E-state index >= 15 is 0 Å². The molecule has 130 heavy (non-hydrogen) atoms. The normalized spacial score (nSPS) is 10.3. The summed E-state index contributed by atoms with van der Waals surface area (Å²) in [4.78, 5) is 83.3. The van der Waals surface area contributed by atoms with Crippen LogP contribution in [0, 0.1) is 13.8 Å². The number of hydrogen-bond acceptors (Lipinski definition) is 20. The molecule has 0 saturated heterocycles. The van der Waals surface area contributed by atoms with Crippen molar-refractivity contribution in [3.8, 4) is 0 Å². The molecule has 0 aliphatic heterocycles. The first-order valence-electron chi connectivity index (χ1n) is 41.9. The smallest absolute Gasteiger partial charge is 0.346 e. The van der Waals surface area contributed by atoms with Crippen LogP contribution in [0.1, 0.15) is 110 Å². The maximum absolute atomic E-state index is 12.5. The van der Waals surface area contributed by atoms with Gasteiger partial charge in [0.15, 0.2) is 82.0 Å². The lowest BCUT2D eigenvalue weighted by atomic mass is 10.1. The van der Waals surface area contributed by atoms with Crippen LogP contribution in [0.3, 0.4) is 0 Å². The number of fused-ring (bicyclic) bond motifs is 4. The van der Waals surface area contributed by atoms with Gasteiger partial charge in [0.2, 0.25) is 5.91 Å². The minimum Gasteiger partial charge on any atom is -1.00 e. The third-order valence-corrected chi connectivity index (χ3v) is 20.9. The molecule has 25 nitrogen and oxygen atoms in total. The molecule has 0 aliphatic carbocycles. The topological polar surface area (TPSA) is 347 Å². The fourth-order valence-corrected chi connectivity index (χ4v) is 13.0. The largest absolute Gasteiger partial charge is 1.00 e. The van der Waals surface area contributed by atoms with Gasteiger partial charge < -0.3 is 106 Å². The molecule has 0 bridgehead atoms. The van der Waals surface area contributed by atoms with E-state index in [2.05, 4.69) is 143 Å². The molecule has 0 spiro atoms. The zero-order valence-corrected chi connectivity index (χ0v) is 87.7. The van der Waals surface area contributed by atoms with Gasteiger partial charge in [-0.2, -0.15) is 0 Å². The fraction of sp³-hybridized carbons (Fsp3) is 0.296. The molecule has 13 rings (SSSR count). The maximum Gasteiger partial charge on any atom is 0.346 e. The van der Waals surface area contributed by atoms with Crippen molar-refractivity contribution in [2.75, 3.05) is 114 Å². The van der Waals surface area contributed by atoms with Gasteiger partial charge in [0.25, 0.3) is 0 Å². The summed E-state index contributed by atoms with van der Waals surface area (Å²) in [5, 5.41) is 7.25. The van der Waals surface area contributed by atoms with Gasteiger partial charge in [0.05, 0.1) is 47.3 Å². The van der Waals surface area contributed by atoms with E-state index in [1.165, 1.54) is 11.1 Å². The van der Waals surface area contributed by atoms with E-state index in [9.17, 15) is 28.8 Å². The van der Waals surface area contributed by atoms with Crippen molar-refractivity contribution in [1.29, 1.82) is 0 Å². The zero-order chi connectivity index (χ0) is 89.7. The van der Waals surface area contributed by atoms with Crippen molar-refractivity contribution >= 4 is 205 Å². The average Bonchev–Trinajstić information content (AvgIpc) is 0.816. The number of carbonyl (C=O) groups is 2. The standard InChI is InChI=1S/C24H26IN3O3.2C22H26N3O2.C14H15NO3.C8H13N2.C6H7N.C2H6BrN.5BrH.H3N/c1-3-28(4-2)21-8-7-19-15-20(24(30)31-22(19)16-21)6-5-18-9-12-27(13-10-18)14-11-26-23(29)17-25;2*1-3-25(4-2)20-8-7-18-15-19(22(26)27-21(18)16-20)6-5-17-9-12-24(13-10-17)14-11-23;1-3-15(4-2)12-6-5-10-7-11(9-16)14(17)18-13(10)8-12;1-8-2-5-10(6-3-8)7-4-9;1-6-2-4-7-5-3-6;3-1-2-4;;;;;;/h5-10,12-13,15-16H,3-4,11,14,17H2,1-2H3;2*5-10,12-13,15-16H,3-4,11,14,23H2,1-2H3;5-9H,3-4H2,1-2H3;2-3,5-6H,4,7,9H2,1H3;2-5H,1H3;1-2,4H2;5*1H;1H3/q;2*+1;;+1;;;;;;;;/p-1. The molecule has 1 amide bonds. The van der Waals surface area contributed by atoms with Gasteiger partial charge in [0, 0.05) is 194 Å². The van der Waals surface area contributed by atoms with E-state index in [-0.39, 0.29) is 119 Å². The van der Waals surface area contributed by atoms with Crippen molar-refractivity contribution < 1.29 is 79.5 Å². The second-order valence-corrected chi connectivity index (χ2v) is 29.8. The molecule has 0 saturated carbocycles. The summed E-state index contributed by atoms with van der Waals surface area (Å²) in [6.07, 6.45) is 31.1. The molecular weight excluding hydrogens is 2150 g/mol. The number of aldehydes is 1. The first-order chi connectivity index (χ1) is 60.1. The Kier molecular flexibility index (Phi) is 59.3. The lowest BCUT2D eigenvalue weighted by Gasteiger charge is -2.20. The third-order valence-electron chi connectivity index (χ3n) is 19.7. The number of anilines is 4. The highest BCUT2D eigenvalue weighted by Crippen LogP contribution is 2.27. The molecule has 13 aromatic rings. The third kappa shape index (κ3) is 38.7. The van der Waals surface area contributed by atoms with Crippen molar-refractivity contribution in [1.82, 2.24) is 16.5 Å². The number of hydrogen-bond donors (Lipinski definition) is 6. The lowest BCUT2D eigenvalue weighted by molar-refractivity contribution is -0.695. The van der Waals surface area contributed by atoms with Crippen LogP contribution in [-0.4, -0.2) is 112 Å². The number of aryl methyl sites for hydroxylation is 2. The Labute approximate surface area is 837 Å². The number of rotatable bonds is 30. The number of pyridine rings is 5. The first-order valence-corrected chi connectivity index (χ1v) is 44.6. The molecule has 12 N–H and O–H groups in total. The summed E-state index contributed by atoms with van der Waals surface area (Å²) in [6.45, 7) is 34.5. The SMILES string of the molecule is Br.Br.Br.CCN(CC)c1ccc2cc(/C=C/c3cc[n+](CCN)cc3)c(=O)oc2c1.CCN(CC)c1ccc2cc(/C=C/c3cc[n+](CCN)cc3)c(=O)oc2c1.CCN(CC)c1ccc2cc(/C=C/c3cc[n+](CCNC(=O)CI)cc3)c(=O)oc2c1.CCN(CC)c1ccc2cc(C=O)c(=O)oc2c1.Cc1cc[n+](CCN)cc1.Cc1ccncc1.N.NCCBr.[Br-].[Br-]. The van der Waals surface area contributed by atoms with E-state index < -0.39 is 5.63 Å². The van der Waals surface area contributed by atoms with E-state index in [1.54, 1.807) is 36.7 Å². The second kappa shape index (κ2) is 65.1. The minimum atomic E-state index is -0.589. The van der Waals surface area contributed by atoms with Gasteiger partial charge >= 0.3 is 22.5 Å². The molecule has 0 fully saturated rings. The van der Waals surface area contributed by atoms with Crippen molar-refractivity contribution in [3.63, 3.8) is 0 Å². The van der Waals surface area contributed by atoms with Crippen LogP contribution in [0.5, 0.6) is 0 Å². The number of nitrogens with one attached hydrogen (secondary N) is 1. The predicted molar refractivity (Wildman–Crippen MR) is 555 cm³/mol. The first kappa shape index (κ1) is 118. The van der Waals surface area contributed by atoms with Gasteiger partial charge in [-0.05, 0) is 200 Å². The molecule has 9 aromatic heterocycles. The Balaban J connectivity index is 0.000000800. The van der Waals surface area contributed by atoms with Crippen LogP contribution in [0.15, 0.2) is 257 Å². The van der Waals surface area contributed by atoms with Crippen LogP contribution in [0.25, 0.3) is 80.3 Å². The summed E-state index contributed by atoms with van der Waals surface area (Å²) in [6, 6.07) is 50.8. The quantitative estimate of drug-likeness (QED) is 0.00801. The number of aromatic nitrogens is 5. The van der Waals surface area contributed by atoms with Gasteiger partial charge in [-0.1, -0.05) is 56.7 Å². The monoisotopic (exact) mass is 2270 g/mol. The van der Waals surface area contributed by atoms with E-state index in [1.807, 2.05) is 232 Å². The number of benzene rings is 4. The van der Waals surface area contributed by atoms with Gasteiger partial charge in [-0.25, -0.2) is 37.4 Å². The number of nitrogens with two attached hydrogens (primary N) is 4. The zero-order valence-electron chi connectivity index (χ0n) is 75.6. The second-order valence-electron chi connectivity index (χ2n) is 28.2. The van der Waals surface area contributed by atoms with Crippen LogP contribution in [0.2, 0.25) is 0 Å². The van der Waals surface area contributed by atoms with Gasteiger partial charge in [-0.15, -0.1) is 50.9 Å². The molecule has 0 atom stereocenters. The Hall–Kier alpha value is -9.56. The summed E-state index contributed by atoms with van der Waals surface area (Å²) in [5.41, 5.74) is 33.6. The summed E-state index contributed by atoms with van der Waals surface area (Å²) >= 11 is 5.17. The fourth-order valence-electron chi connectivity index (χ4n) is 12.7.